The molecule has 0 radical (unpaired) electrons. The van der Waals surface area contributed by atoms with Crippen LogP contribution in [-0.4, -0.2) is 27.6 Å². The van der Waals surface area contributed by atoms with Gasteiger partial charge in [0.15, 0.2) is 0 Å². The molecule has 0 atom stereocenters. The van der Waals surface area contributed by atoms with Crippen molar-refractivity contribution in [3.8, 4) is 5.75 Å². The predicted molar refractivity (Wildman–Crippen MR) is 148 cm³/mol. The molecule has 1 saturated carbocycles. The number of hydrogen-bond donors (Lipinski definition) is 2. The van der Waals surface area contributed by atoms with Crippen molar-refractivity contribution >= 4 is 20.8 Å². The second-order valence-electron chi connectivity index (χ2n) is 11.4. The van der Waals surface area contributed by atoms with Gasteiger partial charge in [0.2, 0.25) is 10.0 Å². The van der Waals surface area contributed by atoms with E-state index in [0.717, 1.165) is 65.1 Å². The minimum atomic E-state index is -4.51. The first-order chi connectivity index (χ1) is 18.3. The fraction of sp³-hybridized carbons (Fsp3) is 0.467. The molecule has 0 bridgehead atoms. The van der Waals surface area contributed by atoms with Gasteiger partial charge in [-0.25, -0.2) is 13.1 Å². The standard InChI is InChI=1S/C30H37F3N2O3S/c1-29(2,3)24-7-12-26(13-8-24)38-27-11-6-22-18-21(4-5-23(22)19-27)20-34-16-17-35-39(36,37)28-14-9-25(10-15-28)30(31,32)33/h4-6,9-11,14-15,18-19,24,26,34-35H,7-8,12-13,16-17,20H2,1-3H3. The average molecular weight is 563 g/mol. The van der Waals surface area contributed by atoms with E-state index in [9.17, 15) is 21.6 Å². The Hall–Kier alpha value is -2.62. The number of sulfonamides is 1. The quantitative estimate of drug-likeness (QED) is 0.278. The van der Waals surface area contributed by atoms with Crippen LogP contribution >= 0.6 is 0 Å². The zero-order chi connectivity index (χ0) is 28.3. The summed E-state index contributed by atoms with van der Waals surface area (Å²) in [6, 6.07) is 15.8. The van der Waals surface area contributed by atoms with Crippen molar-refractivity contribution in [3.05, 3.63) is 71.8 Å². The largest absolute Gasteiger partial charge is 0.490 e. The summed E-state index contributed by atoms with van der Waals surface area (Å²) in [4.78, 5) is -0.203. The normalized spacial score (nSPS) is 18.8. The van der Waals surface area contributed by atoms with Crippen molar-refractivity contribution in [2.75, 3.05) is 13.1 Å². The molecule has 5 nitrogen and oxygen atoms in total. The number of benzene rings is 3. The predicted octanol–water partition coefficient (Wildman–Crippen LogP) is 6.91. The molecule has 212 valence electrons. The van der Waals surface area contributed by atoms with Crippen LogP contribution in [0.2, 0.25) is 0 Å². The monoisotopic (exact) mass is 562 g/mol. The summed E-state index contributed by atoms with van der Waals surface area (Å²) in [6.07, 6.45) is 0.338. The Bertz CT molecular complexity index is 1360. The third-order valence-corrected chi connectivity index (χ3v) is 8.97. The zero-order valence-electron chi connectivity index (χ0n) is 22.6. The molecule has 39 heavy (non-hydrogen) atoms. The van der Waals surface area contributed by atoms with Crippen LogP contribution in [0.4, 0.5) is 13.2 Å². The van der Waals surface area contributed by atoms with Crippen molar-refractivity contribution in [2.45, 2.75) is 70.2 Å². The first-order valence-corrected chi connectivity index (χ1v) is 14.9. The first-order valence-electron chi connectivity index (χ1n) is 13.4. The van der Waals surface area contributed by atoms with Gasteiger partial charge in [-0.05, 0) is 95.8 Å². The number of alkyl halides is 3. The summed E-state index contributed by atoms with van der Waals surface area (Å²) in [6.45, 7) is 7.98. The highest BCUT2D eigenvalue weighted by Gasteiger charge is 2.31. The van der Waals surface area contributed by atoms with Crippen LogP contribution in [0.5, 0.6) is 5.75 Å². The molecule has 1 aliphatic rings. The van der Waals surface area contributed by atoms with Crippen LogP contribution in [0.3, 0.4) is 0 Å². The molecular weight excluding hydrogens is 525 g/mol. The molecule has 0 spiro atoms. The Morgan fingerprint density at radius 2 is 1.49 bits per heavy atom. The number of hydrogen-bond acceptors (Lipinski definition) is 4. The summed E-state index contributed by atoms with van der Waals surface area (Å²) in [5.74, 6) is 1.65. The lowest BCUT2D eigenvalue weighted by atomic mass is 9.72. The topological polar surface area (TPSA) is 67.4 Å². The molecule has 3 aromatic rings. The molecule has 4 rings (SSSR count). The summed E-state index contributed by atoms with van der Waals surface area (Å²) in [5, 5.41) is 5.40. The Kier molecular flexibility index (Phi) is 8.93. The maximum Gasteiger partial charge on any atom is 0.416 e. The SMILES string of the molecule is CC(C)(C)C1CCC(Oc2ccc3cc(CNCCNS(=O)(=O)c4ccc(C(F)(F)F)cc4)ccc3c2)CC1. The van der Waals surface area contributed by atoms with Gasteiger partial charge in [-0.2, -0.15) is 13.2 Å². The Morgan fingerprint density at radius 3 is 2.13 bits per heavy atom. The maximum absolute atomic E-state index is 12.7. The van der Waals surface area contributed by atoms with E-state index in [1.807, 2.05) is 12.1 Å². The van der Waals surface area contributed by atoms with E-state index in [1.54, 1.807) is 0 Å². The van der Waals surface area contributed by atoms with Crippen LogP contribution in [0.15, 0.2) is 65.6 Å². The smallest absolute Gasteiger partial charge is 0.416 e. The highest BCUT2D eigenvalue weighted by Crippen LogP contribution is 2.39. The number of nitrogens with one attached hydrogen (secondary N) is 2. The van der Waals surface area contributed by atoms with Crippen molar-refractivity contribution in [2.24, 2.45) is 11.3 Å². The molecular formula is C30H37F3N2O3S. The van der Waals surface area contributed by atoms with Crippen LogP contribution in [0, 0.1) is 11.3 Å². The average Bonchev–Trinajstić information content (AvgIpc) is 2.88. The highest BCUT2D eigenvalue weighted by molar-refractivity contribution is 7.89. The van der Waals surface area contributed by atoms with Gasteiger partial charge in [0.05, 0.1) is 16.6 Å². The number of ether oxygens (including phenoxy) is 1. The van der Waals surface area contributed by atoms with Crippen LogP contribution in [0.1, 0.15) is 57.6 Å². The molecule has 2 N–H and O–H groups in total. The summed E-state index contributed by atoms with van der Waals surface area (Å²) in [7, 11) is -3.89. The van der Waals surface area contributed by atoms with Gasteiger partial charge in [0.1, 0.15) is 5.75 Å². The van der Waals surface area contributed by atoms with Gasteiger partial charge in [-0.3, -0.25) is 0 Å². The number of fused-ring (bicyclic) bond motifs is 1. The van der Waals surface area contributed by atoms with Crippen LogP contribution in [-0.2, 0) is 22.7 Å². The van der Waals surface area contributed by atoms with E-state index < -0.39 is 21.8 Å². The summed E-state index contributed by atoms with van der Waals surface area (Å²) < 4.78 is 71.5. The Balaban J connectivity index is 1.23. The molecule has 1 aliphatic carbocycles. The van der Waals surface area contributed by atoms with E-state index in [4.69, 9.17) is 4.74 Å². The second kappa shape index (κ2) is 11.9. The third kappa shape index (κ3) is 7.96. The van der Waals surface area contributed by atoms with Crippen molar-refractivity contribution in [1.29, 1.82) is 0 Å². The summed E-state index contributed by atoms with van der Waals surface area (Å²) >= 11 is 0. The summed E-state index contributed by atoms with van der Waals surface area (Å²) in [5.41, 5.74) is 0.521. The van der Waals surface area contributed by atoms with Gasteiger partial charge in [-0.1, -0.05) is 39.0 Å². The molecule has 3 aromatic carbocycles. The highest BCUT2D eigenvalue weighted by atomic mass is 32.2. The van der Waals surface area contributed by atoms with E-state index in [1.165, 1.54) is 12.8 Å². The van der Waals surface area contributed by atoms with Gasteiger partial charge in [-0.15, -0.1) is 0 Å². The molecule has 0 amide bonds. The third-order valence-electron chi connectivity index (χ3n) is 7.49. The van der Waals surface area contributed by atoms with E-state index in [-0.39, 0.29) is 17.5 Å². The van der Waals surface area contributed by atoms with Gasteiger partial charge in [0, 0.05) is 19.6 Å². The molecule has 0 unspecified atom stereocenters. The molecule has 0 aliphatic heterocycles. The van der Waals surface area contributed by atoms with Gasteiger partial charge < -0.3 is 10.1 Å². The van der Waals surface area contributed by atoms with Gasteiger partial charge >= 0.3 is 6.18 Å². The van der Waals surface area contributed by atoms with E-state index >= 15 is 0 Å². The fourth-order valence-electron chi connectivity index (χ4n) is 5.11. The lowest BCUT2D eigenvalue weighted by Gasteiger charge is -2.37. The first kappa shape index (κ1) is 29.4. The minimum absolute atomic E-state index is 0.106. The van der Waals surface area contributed by atoms with Crippen LogP contribution in [0.25, 0.3) is 10.8 Å². The number of rotatable bonds is 9. The van der Waals surface area contributed by atoms with Crippen LogP contribution < -0.4 is 14.8 Å². The van der Waals surface area contributed by atoms with E-state index in [0.29, 0.717) is 18.5 Å². The molecule has 1 fully saturated rings. The molecule has 0 heterocycles. The second-order valence-corrected chi connectivity index (χ2v) is 13.2. The van der Waals surface area contributed by atoms with Crippen molar-refractivity contribution < 1.29 is 26.3 Å². The number of halogens is 3. The van der Waals surface area contributed by atoms with E-state index in [2.05, 4.69) is 55.1 Å². The van der Waals surface area contributed by atoms with Crippen molar-refractivity contribution in [1.82, 2.24) is 10.0 Å². The van der Waals surface area contributed by atoms with Gasteiger partial charge in [0.25, 0.3) is 0 Å². The zero-order valence-corrected chi connectivity index (χ0v) is 23.5. The maximum atomic E-state index is 12.7. The van der Waals surface area contributed by atoms with Crippen molar-refractivity contribution in [3.63, 3.8) is 0 Å². The Labute approximate surface area is 229 Å². The fourth-order valence-corrected chi connectivity index (χ4v) is 6.14. The molecule has 0 aromatic heterocycles. The lowest BCUT2D eigenvalue weighted by Crippen LogP contribution is -2.31. The Morgan fingerprint density at radius 1 is 0.846 bits per heavy atom. The molecule has 9 heteroatoms. The minimum Gasteiger partial charge on any atom is -0.490 e. The lowest BCUT2D eigenvalue weighted by molar-refractivity contribution is -0.137. The molecule has 0 saturated heterocycles.